The summed E-state index contributed by atoms with van der Waals surface area (Å²) in [7, 11) is 0. The Morgan fingerprint density at radius 2 is 2.30 bits per heavy atom. The fourth-order valence-corrected chi connectivity index (χ4v) is 0.836. The SMILES string of the molecule is NCc1cc(Cl)cnc1N. The number of nitrogens with two attached hydrogens (primary N) is 2. The first kappa shape index (κ1) is 7.31. The van der Waals surface area contributed by atoms with Gasteiger partial charge in [0, 0.05) is 18.3 Å². The molecule has 4 heteroatoms. The van der Waals surface area contributed by atoms with Crippen molar-refractivity contribution in [2.75, 3.05) is 5.73 Å². The van der Waals surface area contributed by atoms with Gasteiger partial charge in [0.05, 0.1) is 5.02 Å². The second-order valence-electron chi connectivity index (χ2n) is 1.90. The molecule has 1 aromatic heterocycles. The summed E-state index contributed by atoms with van der Waals surface area (Å²) < 4.78 is 0. The van der Waals surface area contributed by atoms with Crippen LogP contribution in [0.3, 0.4) is 0 Å². The van der Waals surface area contributed by atoms with Crippen molar-refractivity contribution in [3.8, 4) is 0 Å². The molecule has 0 radical (unpaired) electrons. The summed E-state index contributed by atoms with van der Waals surface area (Å²) in [6.07, 6.45) is 1.50. The second-order valence-corrected chi connectivity index (χ2v) is 2.34. The first-order chi connectivity index (χ1) is 4.74. The van der Waals surface area contributed by atoms with Crippen LogP contribution in [-0.4, -0.2) is 4.98 Å². The first-order valence-corrected chi connectivity index (χ1v) is 3.22. The molecule has 10 heavy (non-hydrogen) atoms. The van der Waals surface area contributed by atoms with E-state index in [2.05, 4.69) is 4.98 Å². The average molecular weight is 158 g/mol. The van der Waals surface area contributed by atoms with Gasteiger partial charge in [-0.05, 0) is 6.07 Å². The van der Waals surface area contributed by atoms with E-state index in [1.807, 2.05) is 0 Å². The molecule has 0 saturated heterocycles. The molecule has 0 amide bonds. The fourth-order valence-electron chi connectivity index (χ4n) is 0.655. The number of anilines is 1. The van der Waals surface area contributed by atoms with E-state index in [1.54, 1.807) is 6.07 Å². The number of pyridine rings is 1. The van der Waals surface area contributed by atoms with Gasteiger partial charge in [-0.1, -0.05) is 11.6 Å². The summed E-state index contributed by atoms with van der Waals surface area (Å²) in [5.74, 6) is 0.451. The Morgan fingerprint density at radius 1 is 1.60 bits per heavy atom. The number of halogens is 1. The largest absolute Gasteiger partial charge is 0.383 e. The highest BCUT2D eigenvalue weighted by molar-refractivity contribution is 6.30. The van der Waals surface area contributed by atoms with Gasteiger partial charge in [0.15, 0.2) is 0 Å². The van der Waals surface area contributed by atoms with Gasteiger partial charge >= 0.3 is 0 Å². The molecular formula is C6H8ClN3. The van der Waals surface area contributed by atoms with Crippen LogP contribution >= 0.6 is 11.6 Å². The van der Waals surface area contributed by atoms with E-state index in [0.717, 1.165) is 5.56 Å². The third-order valence-corrected chi connectivity index (χ3v) is 1.39. The van der Waals surface area contributed by atoms with Crippen LogP contribution in [0.2, 0.25) is 5.02 Å². The van der Waals surface area contributed by atoms with E-state index in [9.17, 15) is 0 Å². The van der Waals surface area contributed by atoms with Crippen LogP contribution in [0.4, 0.5) is 5.82 Å². The molecule has 4 N–H and O–H groups in total. The molecule has 1 heterocycles. The summed E-state index contributed by atoms with van der Waals surface area (Å²) >= 11 is 5.62. The highest BCUT2D eigenvalue weighted by Gasteiger charge is 1.97. The molecule has 0 spiro atoms. The minimum Gasteiger partial charge on any atom is -0.383 e. The van der Waals surface area contributed by atoms with Crippen LogP contribution in [0.15, 0.2) is 12.3 Å². The number of rotatable bonds is 1. The molecule has 0 aliphatic rings. The number of nitrogen functional groups attached to an aromatic ring is 1. The fraction of sp³-hybridized carbons (Fsp3) is 0.167. The topological polar surface area (TPSA) is 64.9 Å². The standard InChI is InChI=1S/C6H8ClN3/c7-5-1-4(2-8)6(9)10-3-5/h1,3H,2,8H2,(H2,9,10). The van der Waals surface area contributed by atoms with Crippen LogP contribution < -0.4 is 11.5 Å². The van der Waals surface area contributed by atoms with E-state index >= 15 is 0 Å². The predicted molar refractivity (Wildman–Crippen MR) is 41.6 cm³/mol. The van der Waals surface area contributed by atoms with Gasteiger partial charge in [0.2, 0.25) is 0 Å². The Kier molecular flexibility index (Phi) is 2.09. The van der Waals surface area contributed by atoms with Crippen molar-refractivity contribution in [2.45, 2.75) is 6.54 Å². The van der Waals surface area contributed by atoms with Crippen molar-refractivity contribution in [1.29, 1.82) is 0 Å². The van der Waals surface area contributed by atoms with Crippen LogP contribution in [-0.2, 0) is 6.54 Å². The minimum absolute atomic E-state index is 0.374. The van der Waals surface area contributed by atoms with Crippen molar-refractivity contribution < 1.29 is 0 Å². The molecule has 1 aromatic rings. The summed E-state index contributed by atoms with van der Waals surface area (Å²) in [6.45, 7) is 0.374. The summed E-state index contributed by atoms with van der Waals surface area (Å²) in [6, 6.07) is 1.71. The Labute approximate surface area is 64.0 Å². The smallest absolute Gasteiger partial charge is 0.127 e. The van der Waals surface area contributed by atoms with Gasteiger partial charge in [0.1, 0.15) is 5.82 Å². The quantitative estimate of drug-likeness (QED) is 0.633. The highest BCUT2D eigenvalue weighted by Crippen LogP contribution is 2.13. The predicted octanol–water partition coefficient (Wildman–Crippen LogP) is 0.776. The number of hydrogen-bond donors (Lipinski definition) is 2. The van der Waals surface area contributed by atoms with Crippen LogP contribution in [0, 0.1) is 0 Å². The lowest BCUT2D eigenvalue weighted by molar-refractivity contribution is 1.05. The van der Waals surface area contributed by atoms with Crippen molar-refractivity contribution in [3.05, 3.63) is 22.8 Å². The Hall–Kier alpha value is -0.800. The number of hydrogen-bond acceptors (Lipinski definition) is 3. The molecule has 0 aromatic carbocycles. The zero-order chi connectivity index (χ0) is 7.56. The van der Waals surface area contributed by atoms with Crippen LogP contribution in [0.25, 0.3) is 0 Å². The first-order valence-electron chi connectivity index (χ1n) is 2.84. The van der Waals surface area contributed by atoms with Gasteiger partial charge in [-0.2, -0.15) is 0 Å². The lowest BCUT2D eigenvalue weighted by atomic mass is 10.2. The second kappa shape index (κ2) is 2.86. The lowest BCUT2D eigenvalue weighted by Crippen LogP contribution is -2.02. The normalized spacial score (nSPS) is 9.80. The van der Waals surface area contributed by atoms with E-state index in [0.29, 0.717) is 17.4 Å². The van der Waals surface area contributed by atoms with E-state index < -0.39 is 0 Å². The van der Waals surface area contributed by atoms with Gasteiger partial charge in [0.25, 0.3) is 0 Å². The maximum absolute atomic E-state index is 5.62. The third kappa shape index (κ3) is 1.37. The minimum atomic E-state index is 0.374. The molecule has 0 fully saturated rings. The molecule has 1 rings (SSSR count). The van der Waals surface area contributed by atoms with Crippen LogP contribution in [0.5, 0.6) is 0 Å². The molecule has 0 unspecified atom stereocenters. The number of nitrogens with zero attached hydrogens (tertiary/aromatic N) is 1. The maximum Gasteiger partial charge on any atom is 0.127 e. The average Bonchev–Trinajstić information content (AvgIpc) is 1.94. The van der Waals surface area contributed by atoms with Crippen molar-refractivity contribution in [1.82, 2.24) is 4.98 Å². The monoisotopic (exact) mass is 157 g/mol. The maximum atomic E-state index is 5.62. The van der Waals surface area contributed by atoms with Crippen molar-refractivity contribution in [3.63, 3.8) is 0 Å². The zero-order valence-electron chi connectivity index (χ0n) is 5.34. The lowest BCUT2D eigenvalue weighted by Gasteiger charge is -1.99. The van der Waals surface area contributed by atoms with Gasteiger partial charge < -0.3 is 11.5 Å². The van der Waals surface area contributed by atoms with Crippen molar-refractivity contribution in [2.24, 2.45) is 5.73 Å². The molecular weight excluding hydrogens is 150 g/mol. The van der Waals surface area contributed by atoms with E-state index in [4.69, 9.17) is 23.1 Å². The zero-order valence-corrected chi connectivity index (χ0v) is 6.10. The van der Waals surface area contributed by atoms with Gasteiger partial charge in [-0.3, -0.25) is 0 Å². The highest BCUT2D eigenvalue weighted by atomic mass is 35.5. The molecule has 0 aliphatic heterocycles. The molecule has 0 aliphatic carbocycles. The molecule has 0 bridgehead atoms. The molecule has 54 valence electrons. The molecule has 3 nitrogen and oxygen atoms in total. The summed E-state index contributed by atoms with van der Waals surface area (Å²) in [4.78, 5) is 3.82. The van der Waals surface area contributed by atoms with Crippen LogP contribution in [0.1, 0.15) is 5.56 Å². The third-order valence-electron chi connectivity index (χ3n) is 1.19. The van der Waals surface area contributed by atoms with Crippen molar-refractivity contribution >= 4 is 17.4 Å². The van der Waals surface area contributed by atoms with E-state index in [-0.39, 0.29) is 0 Å². The Balaban J connectivity index is 3.09. The van der Waals surface area contributed by atoms with Gasteiger partial charge in [-0.15, -0.1) is 0 Å². The molecule has 0 saturated carbocycles. The molecule has 0 atom stereocenters. The van der Waals surface area contributed by atoms with E-state index in [1.165, 1.54) is 6.20 Å². The Morgan fingerprint density at radius 3 is 2.80 bits per heavy atom. The number of aromatic nitrogens is 1. The summed E-state index contributed by atoms with van der Waals surface area (Å²) in [5.41, 5.74) is 11.6. The Bertz CT molecular complexity index is 236. The van der Waals surface area contributed by atoms with Gasteiger partial charge in [-0.25, -0.2) is 4.98 Å². The summed E-state index contributed by atoms with van der Waals surface area (Å²) in [5, 5.41) is 0.564.